The van der Waals surface area contributed by atoms with Gasteiger partial charge in [-0.25, -0.2) is 8.42 Å². The molecular weight excluding hydrogens is 398 g/mol. The van der Waals surface area contributed by atoms with Crippen molar-refractivity contribution in [1.29, 1.82) is 0 Å². The van der Waals surface area contributed by atoms with E-state index in [0.717, 1.165) is 0 Å². The molecule has 9 nitrogen and oxygen atoms in total. The normalized spacial score (nSPS) is 12.1. The molecule has 10 heteroatoms. The van der Waals surface area contributed by atoms with E-state index in [-0.39, 0.29) is 17.4 Å². The van der Waals surface area contributed by atoms with Gasteiger partial charge in [-0.3, -0.25) is 9.59 Å². The maximum absolute atomic E-state index is 12.4. The SMILES string of the molecule is COCC(=O)Nc1ccc(NC(=O)[C@H](C)NS(=O)(=O)c2ccc(OC)cc2)cc1. The molecule has 2 rings (SSSR count). The third-order valence-corrected chi connectivity index (χ3v) is 5.36. The summed E-state index contributed by atoms with van der Waals surface area (Å²) in [5.74, 6) is -0.305. The number of nitrogens with one attached hydrogen (secondary N) is 3. The van der Waals surface area contributed by atoms with Crippen molar-refractivity contribution in [3.05, 3.63) is 48.5 Å². The molecule has 0 fully saturated rings. The number of carbonyl (C=O) groups is 2. The van der Waals surface area contributed by atoms with E-state index >= 15 is 0 Å². The lowest BCUT2D eigenvalue weighted by molar-refractivity contribution is -0.119. The van der Waals surface area contributed by atoms with Gasteiger partial charge >= 0.3 is 0 Å². The summed E-state index contributed by atoms with van der Waals surface area (Å²) >= 11 is 0. The first-order valence-corrected chi connectivity index (χ1v) is 10.1. The average Bonchev–Trinajstić information content (AvgIpc) is 2.69. The van der Waals surface area contributed by atoms with Crippen LogP contribution in [-0.2, 0) is 24.3 Å². The van der Waals surface area contributed by atoms with Gasteiger partial charge in [-0.05, 0) is 55.5 Å². The number of hydrogen-bond acceptors (Lipinski definition) is 6. The quantitative estimate of drug-likeness (QED) is 0.565. The van der Waals surface area contributed by atoms with Crippen LogP contribution in [0.3, 0.4) is 0 Å². The van der Waals surface area contributed by atoms with Gasteiger partial charge in [-0.1, -0.05) is 0 Å². The zero-order valence-corrected chi connectivity index (χ0v) is 17.1. The van der Waals surface area contributed by atoms with Gasteiger partial charge in [0, 0.05) is 18.5 Å². The maximum atomic E-state index is 12.4. The molecule has 1 atom stereocenters. The lowest BCUT2D eigenvalue weighted by atomic mass is 10.2. The Morgan fingerprint density at radius 2 is 1.48 bits per heavy atom. The number of amides is 2. The van der Waals surface area contributed by atoms with Gasteiger partial charge in [0.05, 0.1) is 18.0 Å². The van der Waals surface area contributed by atoms with Crippen molar-refractivity contribution < 1.29 is 27.5 Å². The van der Waals surface area contributed by atoms with Crippen molar-refractivity contribution in [1.82, 2.24) is 4.72 Å². The van der Waals surface area contributed by atoms with Gasteiger partial charge in [-0.2, -0.15) is 4.72 Å². The van der Waals surface area contributed by atoms with Crippen LogP contribution in [0.1, 0.15) is 6.92 Å². The summed E-state index contributed by atoms with van der Waals surface area (Å²) in [5.41, 5.74) is 0.994. The number of methoxy groups -OCH3 is 2. The van der Waals surface area contributed by atoms with E-state index in [1.54, 1.807) is 24.3 Å². The van der Waals surface area contributed by atoms with Crippen molar-refractivity contribution in [2.75, 3.05) is 31.5 Å². The van der Waals surface area contributed by atoms with Gasteiger partial charge < -0.3 is 20.1 Å². The lowest BCUT2D eigenvalue weighted by Gasteiger charge is -2.15. The van der Waals surface area contributed by atoms with Crippen LogP contribution in [0, 0.1) is 0 Å². The fraction of sp³-hybridized carbons (Fsp3) is 0.263. The standard InChI is InChI=1S/C19H23N3O6S/c1-13(22-29(25,26)17-10-8-16(28-3)9-11-17)19(24)21-15-6-4-14(5-7-15)20-18(23)12-27-2/h4-11,13,22H,12H2,1-3H3,(H,20,23)(H,21,24)/t13-/m0/s1. The number of hydrogen-bond donors (Lipinski definition) is 3. The van der Waals surface area contributed by atoms with Gasteiger partial charge in [0.2, 0.25) is 21.8 Å². The zero-order valence-electron chi connectivity index (χ0n) is 16.3. The molecule has 0 radical (unpaired) electrons. The average molecular weight is 421 g/mol. The molecule has 0 spiro atoms. The highest BCUT2D eigenvalue weighted by molar-refractivity contribution is 7.89. The van der Waals surface area contributed by atoms with Crippen molar-refractivity contribution in [3.8, 4) is 5.75 Å². The summed E-state index contributed by atoms with van der Waals surface area (Å²) in [7, 11) is -0.974. The minimum atomic E-state index is -3.87. The molecule has 0 aliphatic rings. The predicted octanol–water partition coefficient (Wildman–Crippen LogP) is 1.59. The summed E-state index contributed by atoms with van der Waals surface area (Å²) in [5, 5.41) is 5.24. The lowest BCUT2D eigenvalue weighted by Crippen LogP contribution is -2.41. The molecule has 2 aromatic rings. The number of carbonyl (C=O) groups excluding carboxylic acids is 2. The number of rotatable bonds is 9. The summed E-state index contributed by atoms with van der Waals surface area (Å²) < 4.78 is 36.9. The maximum Gasteiger partial charge on any atom is 0.250 e. The second-order valence-electron chi connectivity index (χ2n) is 6.07. The van der Waals surface area contributed by atoms with Crippen molar-refractivity contribution in [3.63, 3.8) is 0 Å². The number of ether oxygens (including phenoxy) is 2. The van der Waals surface area contributed by atoms with E-state index in [1.165, 1.54) is 45.4 Å². The Labute approximate surface area is 169 Å². The highest BCUT2D eigenvalue weighted by Gasteiger charge is 2.22. The predicted molar refractivity (Wildman–Crippen MR) is 108 cm³/mol. The number of sulfonamides is 1. The molecule has 0 aliphatic carbocycles. The first kappa shape index (κ1) is 22.3. The number of anilines is 2. The minimum absolute atomic E-state index is 0.0223. The number of benzene rings is 2. The molecule has 2 aromatic carbocycles. The van der Waals surface area contributed by atoms with Gasteiger partial charge in [0.25, 0.3) is 0 Å². The third-order valence-electron chi connectivity index (χ3n) is 3.81. The van der Waals surface area contributed by atoms with Crippen LogP contribution in [0.5, 0.6) is 5.75 Å². The van der Waals surface area contributed by atoms with Crippen molar-refractivity contribution in [2.45, 2.75) is 17.9 Å². The summed E-state index contributed by atoms with van der Waals surface area (Å²) in [6, 6.07) is 11.2. The molecule has 0 saturated carbocycles. The van der Waals surface area contributed by atoms with Crippen LogP contribution in [0.4, 0.5) is 11.4 Å². The second-order valence-corrected chi connectivity index (χ2v) is 7.78. The Kier molecular flexibility index (Phi) is 7.71. The van der Waals surface area contributed by atoms with E-state index in [4.69, 9.17) is 9.47 Å². The van der Waals surface area contributed by atoms with Crippen molar-refractivity contribution in [2.24, 2.45) is 0 Å². The Hall–Kier alpha value is -2.95. The fourth-order valence-electron chi connectivity index (χ4n) is 2.32. The Bertz CT molecular complexity index is 943. The van der Waals surface area contributed by atoms with E-state index < -0.39 is 22.0 Å². The summed E-state index contributed by atoms with van der Waals surface area (Å²) in [6.45, 7) is 1.38. The molecule has 0 bridgehead atoms. The van der Waals surface area contributed by atoms with Gasteiger partial charge in [0.1, 0.15) is 12.4 Å². The van der Waals surface area contributed by atoms with Crippen molar-refractivity contribution >= 4 is 33.2 Å². The van der Waals surface area contributed by atoms with Crippen LogP contribution in [0.2, 0.25) is 0 Å². The Balaban J connectivity index is 1.96. The molecule has 2 amide bonds. The van der Waals surface area contributed by atoms with Gasteiger partial charge in [0.15, 0.2) is 0 Å². The first-order chi connectivity index (χ1) is 13.7. The third kappa shape index (κ3) is 6.56. The molecule has 0 aromatic heterocycles. The van der Waals surface area contributed by atoms with E-state index in [9.17, 15) is 18.0 Å². The van der Waals surface area contributed by atoms with Crippen LogP contribution in [0.25, 0.3) is 0 Å². The molecule has 156 valence electrons. The molecule has 0 saturated heterocycles. The second kappa shape index (κ2) is 10.0. The monoisotopic (exact) mass is 421 g/mol. The highest BCUT2D eigenvalue weighted by atomic mass is 32.2. The molecule has 3 N–H and O–H groups in total. The largest absolute Gasteiger partial charge is 0.497 e. The summed E-state index contributed by atoms with van der Waals surface area (Å²) in [4.78, 5) is 23.8. The van der Waals surface area contributed by atoms with Crippen LogP contribution in [0.15, 0.2) is 53.4 Å². The molecular formula is C19H23N3O6S. The van der Waals surface area contributed by atoms with Crippen LogP contribution < -0.4 is 20.1 Å². The summed E-state index contributed by atoms with van der Waals surface area (Å²) in [6.07, 6.45) is 0. The highest BCUT2D eigenvalue weighted by Crippen LogP contribution is 2.17. The Morgan fingerprint density at radius 1 is 0.931 bits per heavy atom. The fourth-order valence-corrected chi connectivity index (χ4v) is 3.53. The topological polar surface area (TPSA) is 123 Å². The molecule has 0 aliphatic heterocycles. The first-order valence-electron chi connectivity index (χ1n) is 8.61. The van der Waals surface area contributed by atoms with Gasteiger partial charge in [-0.15, -0.1) is 0 Å². The van der Waals surface area contributed by atoms with Crippen LogP contribution >= 0.6 is 0 Å². The Morgan fingerprint density at radius 3 is 2.00 bits per heavy atom. The smallest absolute Gasteiger partial charge is 0.250 e. The zero-order chi connectivity index (χ0) is 21.4. The van der Waals surface area contributed by atoms with E-state index in [1.807, 2.05) is 0 Å². The van der Waals surface area contributed by atoms with E-state index in [0.29, 0.717) is 17.1 Å². The van der Waals surface area contributed by atoms with Crippen LogP contribution in [-0.4, -0.2) is 47.1 Å². The minimum Gasteiger partial charge on any atom is -0.497 e. The molecule has 0 unspecified atom stereocenters. The molecule has 29 heavy (non-hydrogen) atoms. The van der Waals surface area contributed by atoms with E-state index in [2.05, 4.69) is 15.4 Å². The molecule has 0 heterocycles.